The first-order valence-corrected chi connectivity index (χ1v) is 6.43. The van der Waals surface area contributed by atoms with E-state index in [0.29, 0.717) is 5.02 Å². The van der Waals surface area contributed by atoms with E-state index in [4.69, 9.17) is 39.5 Å². The topological polar surface area (TPSA) is 39.2 Å². The molecule has 0 fully saturated rings. The molecule has 6 heteroatoms. The van der Waals surface area contributed by atoms with Crippen molar-refractivity contribution in [3.8, 4) is 0 Å². The molecule has 0 amide bonds. The van der Waals surface area contributed by atoms with Gasteiger partial charge in [-0.25, -0.2) is 9.78 Å². The third kappa shape index (κ3) is 3.83. The van der Waals surface area contributed by atoms with Crippen LogP contribution < -0.4 is 0 Å². The molecular weight excluding hydrogens is 309 g/mol. The summed E-state index contributed by atoms with van der Waals surface area (Å²) in [6.07, 6.45) is 0. The van der Waals surface area contributed by atoms with Gasteiger partial charge in [-0.3, -0.25) is 0 Å². The lowest BCUT2D eigenvalue weighted by Gasteiger charge is -2.06. The molecule has 0 bridgehead atoms. The van der Waals surface area contributed by atoms with Crippen LogP contribution in [0.2, 0.25) is 15.2 Å². The minimum absolute atomic E-state index is 0.00290. The van der Waals surface area contributed by atoms with Gasteiger partial charge in [0.15, 0.2) is 5.69 Å². The van der Waals surface area contributed by atoms with E-state index in [9.17, 15) is 4.79 Å². The van der Waals surface area contributed by atoms with Gasteiger partial charge in [0.25, 0.3) is 0 Å². The summed E-state index contributed by atoms with van der Waals surface area (Å²) in [6.45, 7) is 0.112. The molecule has 1 aromatic heterocycles. The molecule has 0 aliphatic heterocycles. The molecule has 0 atom stereocenters. The normalized spacial score (nSPS) is 10.3. The van der Waals surface area contributed by atoms with Gasteiger partial charge >= 0.3 is 5.97 Å². The maximum Gasteiger partial charge on any atom is 0.358 e. The smallest absolute Gasteiger partial charge is 0.358 e. The SMILES string of the molecule is O=C(OCc1ccc(Cl)cc1)c1nc(Cl)ccc1Cl. The highest BCUT2D eigenvalue weighted by Crippen LogP contribution is 2.18. The molecule has 0 saturated heterocycles. The molecule has 2 aromatic rings. The molecule has 0 aliphatic carbocycles. The van der Waals surface area contributed by atoms with Crippen molar-refractivity contribution < 1.29 is 9.53 Å². The Morgan fingerprint density at radius 3 is 2.42 bits per heavy atom. The third-order valence-electron chi connectivity index (χ3n) is 2.29. The van der Waals surface area contributed by atoms with Gasteiger partial charge < -0.3 is 4.74 Å². The highest BCUT2D eigenvalue weighted by atomic mass is 35.5. The van der Waals surface area contributed by atoms with Gasteiger partial charge in [0.05, 0.1) is 5.02 Å². The van der Waals surface area contributed by atoms with Crippen molar-refractivity contribution in [2.75, 3.05) is 0 Å². The maximum absolute atomic E-state index is 11.8. The van der Waals surface area contributed by atoms with Gasteiger partial charge in [0, 0.05) is 5.02 Å². The molecule has 0 unspecified atom stereocenters. The van der Waals surface area contributed by atoms with Crippen LogP contribution >= 0.6 is 34.8 Å². The van der Waals surface area contributed by atoms with E-state index in [1.807, 2.05) is 0 Å². The van der Waals surface area contributed by atoms with E-state index in [2.05, 4.69) is 4.98 Å². The van der Waals surface area contributed by atoms with Gasteiger partial charge in [0.1, 0.15) is 11.8 Å². The van der Waals surface area contributed by atoms with Crippen molar-refractivity contribution in [2.24, 2.45) is 0 Å². The quantitative estimate of drug-likeness (QED) is 0.622. The zero-order valence-corrected chi connectivity index (χ0v) is 11.8. The lowest BCUT2D eigenvalue weighted by Crippen LogP contribution is -2.08. The number of halogens is 3. The van der Waals surface area contributed by atoms with E-state index in [1.165, 1.54) is 12.1 Å². The largest absolute Gasteiger partial charge is 0.456 e. The molecule has 0 radical (unpaired) electrons. The fraction of sp³-hybridized carbons (Fsp3) is 0.0769. The number of carbonyl (C=O) groups is 1. The molecule has 0 N–H and O–H groups in total. The summed E-state index contributed by atoms with van der Waals surface area (Å²) in [5, 5.41) is 1.00. The summed E-state index contributed by atoms with van der Waals surface area (Å²) in [5.74, 6) is -0.623. The van der Waals surface area contributed by atoms with E-state index >= 15 is 0 Å². The van der Waals surface area contributed by atoms with Crippen LogP contribution in [0.4, 0.5) is 0 Å². The van der Waals surface area contributed by atoms with E-state index < -0.39 is 5.97 Å². The van der Waals surface area contributed by atoms with Gasteiger partial charge in [-0.1, -0.05) is 46.9 Å². The Morgan fingerprint density at radius 2 is 1.74 bits per heavy atom. The molecule has 0 saturated carbocycles. The molecule has 19 heavy (non-hydrogen) atoms. The summed E-state index contributed by atoms with van der Waals surface area (Å²) in [7, 11) is 0. The summed E-state index contributed by atoms with van der Waals surface area (Å²) in [4.78, 5) is 15.6. The third-order valence-corrected chi connectivity index (χ3v) is 3.06. The first-order valence-electron chi connectivity index (χ1n) is 5.30. The summed E-state index contributed by atoms with van der Waals surface area (Å²) in [5.41, 5.74) is 0.819. The Hall–Kier alpha value is -1.29. The molecule has 0 aliphatic rings. The van der Waals surface area contributed by atoms with Crippen molar-refractivity contribution in [1.29, 1.82) is 0 Å². The van der Waals surface area contributed by atoms with Crippen LogP contribution in [-0.4, -0.2) is 11.0 Å². The summed E-state index contributed by atoms with van der Waals surface area (Å²) >= 11 is 17.3. The van der Waals surface area contributed by atoms with Crippen LogP contribution in [0.3, 0.4) is 0 Å². The van der Waals surface area contributed by atoms with Crippen LogP contribution in [-0.2, 0) is 11.3 Å². The molecular formula is C13H8Cl3NO2. The highest BCUT2D eigenvalue weighted by molar-refractivity contribution is 6.34. The second-order valence-corrected chi connectivity index (χ2v) is 4.90. The van der Waals surface area contributed by atoms with Crippen LogP contribution in [0.5, 0.6) is 0 Å². The number of nitrogens with zero attached hydrogens (tertiary/aromatic N) is 1. The van der Waals surface area contributed by atoms with Crippen molar-refractivity contribution in [3.05, 3.63) is 62.9 Å². The average molecular weight is 317 g/mol. The zero-order valence-electron chi connectivity index (χ0n) is 9.57. The Morgan fingerprint density at radius 1 is 1.05 bits per heavy atom. The first kappa shape index (κ1) is 14.1. The lowest BCUT2D eigenvalue weighted by atomic mass is 10.2. The zero-order chi connectivity index (χ0) is 13.8. The molecule has 2 rings (SSSR count). The van der Waals surface area contributed by atoms with Gasteiger partial charge in [-0.2, -0.15) is 0 Å². The maximum atomic E-state index is 11.8. The number of hydrogen-bond donors (Lipinski definition) is 0. The summed E-state index contributed by atoms with van der Waals surface area (Å²) < 4.78 is 5.10. The van der Waals surface area contributed by atoms with E-state index in [0.717, 1.165) is 5.56 Å². The first-order chi connectivity index (χ1) is 9.06. The van der Waals surface area contributed by atoms with Gasteiger partial charge in [-0.05, 0) is 29.8 Å². The standard InChI is InChI=1S/C13H8Cl3NO2/c14-9-3-1-8(2-4-9)7-19-13(18)12-10(15)5-6-11(16)17-12/h1-6H,7H2. The average Bonchev–Trinajstić information content (AvgIpc) is 2.40. The number of hydrogen-bond acceptors (Lipinski definition) is 3. The van der Waals surface area contributed by atoms with E-state index in [-0.39, 0.29) is 22.5 Å². The Kier molecular flexibility index (Phi) is 4.64. The number of ether oxygens (including phenoxy) is 1. The predicted molar refractivity (Wildman–Crippen MR) is 74.8 cm³/mol. The fourth-order valence-corrected chi connectivity index (χ4v) is 1.82. The Balaban J connectivity index is 2.05. The minimum Gasteiger partial charge on any atom is -0.456 e. The summed E-state index contributed by atoms with van der Waals surface area (Å²) in [6, 6.07) is 9.96. The minimum atomic E-state index is -0.623. The molecule has 1 aromatic carbocycles. The van der Waals surface area contributed by atoms with Crippen molar-refractivity contribution in [1.82, 2.24) is 4.98 Å². The number of aromatic nitrogens is 1. The second kappa shape index (κ2) is 6.24. The van der Waals surface area contributed by atoms with Crippen LogP contribution in [0.25, 0.3) is 0 Å². The number of pyridine rings is 1. The molecule has 1 heterocycles. The number of rotatable bonds is 3. The van der Waals surface area contributed by atoms with Gasteiger partial charge in [0.2, 0.25) is 0 Å². The molecule has 98 valence electrons. The van der Waals surface area contributed by atoms with Crippen molar-refractivity contribution >= 4 is 40.8 Å². The van der Waals surface area contributed by atoms with Gasteiger partial charge in [-0.15, -0.1) is 0 Å². The monoisotopic (exact) mass is 315 g/mol. The molecule has 0 spiro atoms. The Labute approximate surface area is 125 Å². The second-order valence-electron chi connectivity index (χ2n) is 3.67. The van der Waals surface area contributed by atoms with Crippen LogP contribution in [0, 0.1) is 0 Å². The molecule has 3 nitrogen and oxygen atoms in total. The number of carbonyl (C=O) groups excluding carboxylic acids is 1. The fourth-order valence-electron chi connectivity index (χ4n) is 1.36. The van der Waals surface area contributed by atoms with Crippen LogP contribution in [0.15, 0.2) is 36.4 Å². The van der Waals surface area contributed by atoms with E-state index in [1.54, 1.807) is 24.3 Å². The number of benzene rings is 1. The predicted octanol–water partition coefficient (Wildman–Crippen LogP) is 4.40. The van der Waals surface area contributed by atoms with Crippen molar-refractivity contribution in [3.63, 3.8) is 0 Å². The van der Waals surface area contributed by atoms with Crippen LogP contribution in [0.1, 0.15) is 16.1 Å². The lowest BCUT2D eigenvalue weighted by molar-refractivity contribution is 0.0466. The Bertz CT molecular complexity index is 599. The van der Waals surface area contributed by atoms with Crippen molar-refractivity contribution in [2.45, 2.75) is 6.61 Å². The number of esters is 1. The highest BCUT2D eigenvalue weighted by Gasteiger charge is 2.14.